The van der Waals surface area contributed by atoms with Gasteiger partial charge in [0.25, 0.3) is 0 Å². The highest BCUT2D eigenvalue weighted by Crippen LogP contribution is 2.44. The first kappa shape index (κ1) is 25.0. The van der Waals surface area contributed by atoms with E-state index >= 15 is 0 Å². The number of hydrogen-bond donors (Lipinski definition) is 1. The predicted molar refractivity (Wildman–Crippen MR) is 132 cm³/mol. The Kier molecular flexibility index (Phi) is 10.3. The van der Waals surface area contributed by atoms with E-state index in [2.05, 4.69) is 25.6 Å². The maximum atomic E-state index is 11.7. The molecule has 0 saturated heterocycles. The maximum Gasteiger partial charge on any atom is 0.341 e. The molecule has 0 unspecified atom stereocenters. The van der Waals surface area contributed by atoms with Crippen molar-refractivity contribution in [3.8, 4) is 5.75 Å². The summed E-state index contributed by atoms with van der Waals surface area (Å²) in [4.78, 5) is 11.7. The smallest absolute Gasteiger partial charge is 0.341 e. The van der Waals surface area contributed by atoms with Crippen molar-refractivity contribution in [3.63, 3.8) is 0 Å². The lowest BCUT2D eigenvalue weighted by molar-refractivity contribution is -0.130. The van der Waals surface area contributed by atoms with Crippen molar-refractivity contribution in [2.45, 2.75) is 103 Å². The van der Waals surface area contributed by atoms with Gasteiger partial charge in [-0.1, -0.05) is 77.0 Å². The normalized spacial score (nSPS) is 25.9. The van der Waals surface area contributed by atoms with Crippen LogP contribution in [0.3, 0.4) is 0 Å². The molecule has 0 aromatic heterocycles. The van der Waals surface area contributed by atoms with Crippen LogP contribution >= 0.6 is 0 Å². The molecular formula is C29H44O3. The van der Waals surface area contributed by atoms with Crippen LogP contribution < -0.4 is 4.74 Å². The van der Waals surface area contributed by atoms with Gasteiger partial charge in [0.1, 0.15) is 5.75 Å². The minimum atomic E-state index is -0.563. The molecule has 0 spiro atoms. The van der Waals surface area contributed by atoms with E-state index in [-0.39, 0.29) is 12.2 Å². The second-order valence-electron chi connectivity index (χ2n) is 10.3. The van der Waals surface area contributed by atoms with Crippen molar-refractivity contribution in [3.05, 3.63) is 42.0 Å². The lowest BCUT2D eigenvalue weighted by atomic mass is 9.68. The molecule has 178 valence electrons. The Hall–Kier alpha value is -1.61. The second-order valence-corrected chi connectivity index (χ2v) is 10.3. The third-order valence-corrected chi connectivity index (χ3v) is 8.09. The molecule has 2 aliphatic rings. The largest absolute Gasteiger partial charge is 0.423 e. The number of rotatable bonds is 11. The quantitative estimate of drug-likeness (QED) is 0.167. The van der Waals surface area contributed by atoms with Gasteiger partial charge in [0.15, 0.2) is 0 Å². The zero-order valence-electron chi connectivity index (χ0n) is 20.2. The van der Waals surface area contributed by atoms with Gasteiger partial charge in [0.05, 0.1) is 12.2 Å². The van der Waals surface area contributed by atoms with Crippen LogP contribution in [0, 0.1) is 17.8 Å². The van der Waals surface area contributed by atoms with Crippen LogP contribution in [0.1, 0.15) is 108 Å². The van der Waals surface area contributed by atoms with Crippen LogP contribution in [0.4, 0.5) is 0 Å². The van der Waals surface area contributed by atoms with E-state index in [4.69, 9.17) is 9.84 Å². The molecule has 0 amide bonds. The number of hydrogen-bond acceptors (Lipinski definition) is 3. The van der Waals surface area contributed by atoms with Crippen LogP contribution in [0.2, 0.25) is 0 Å². The topological polar surface area (TPSA) is 46.5 Å². The maximum absolute atomic E-state index is 11.7. The Labute approximate surface area is 195 Å². The summed E-state index contributed by atoms with van der Waals surface area (Å²) in [5.74, 6) is 3.49. The molecule has 3 rings (SSSR count). The minimum absolute atomic E-state index is 0.0772. The van der Waals surface area contributed by atoms with Crippen molar-refractivity contribution in [1.29, 1.82) is 0 Å². The number of aliphatic hydroxyl groups is 1. The molecule has 0 radical (unpaired) electrons. The average Bonchev–Trinajstić information content (AvgIpc) is 2.84. The van der Waals surface area contributed by atoms with Crippen LogP contribution in [-0.4, -0.2) is 17.7 Å². The van der Waals surface area contributed by atoms with Gasteiger partial charge >= 0.3 is 5.97 Å². The zero-order chi connectivity index (χ0) is 22.8. The minimum Gasteiger partial charge on any atom is -0.423 e. The summed E-state index contributed by atoms with van der Waals surface area (Å²) in [7, 11) is 0. The molecule has 0 bridgehead atoms. The van der Waals surface area contributed by atoms with E-state index < -0.39 is 5.97 Å². The van der Waals surface area contributed by atoms with E-state index in [1.165, 1.54) is 95.5 Å². The molecule has 2 aliphatic carbocycles. The molecule has 2 saturated carbocycles. The van der Waals surface area contributed by atoms with Crippen LogP contribution in [0.15, 0.2) is 36.4 Å². The third-order valence-electron chi connectivity index (χ3n) is 8.09. The number of esters is 1. The number of ether oxygens (including phenoxy) is 1. The lowest BCUT2D eigenvalue weighted by Gasteiger charge is -2.38. The van der Waals surface area contributed by atoms with Gasteiger partial charge in [-0.15, -0.1) is 0 Å². The van der Waals surface area contributed by atoms with E-state index in [9.17, 15) is 4.79 Å². The van der Waals surface area contributed by atoms with Gasteiger partial charge in [0, 0.05) is 0 Å². The summed E-state index contributed by atoms with van der Waals surface area (Å²) < 4.78 is 5.26. The fourth-order valence-electron chi connectivity index (χ4n) is 5.96. The highest BCUT2D eigenvalue weighted by Gasteiger charge is 2.31. The Morgan fingerprint density at radius 3 is 2.09 bits per heavy atom. The Bertz CT molecular complexity index is 692. The fourth-order valence-corrected chi connectivity index (χ4v) is 5.96. The molecule has 0 atom stereocenters. The standard InChI is InChI=1S/C29H44O3/c1-3-4-5-6-7-8-23-9-11-24(12-10-23)25-13-15-26(16-14-25)27-17-19-28(20-18-27)32-29(31)22(2)21-30/h17-20,23-26,30H,2-16,21H2,1H3. The summed E-state index contributed by atoms with van der Waals surface area (Å²) in [5, 5.41) is 8.99. The molecule has 3 nitrogen and oxygen atoms in total. The predicted octanol–water partition coefficient (Wildman–Crippen LogP) is 7.58. The number of carbonyl (C=O) groups is 1. The summed E-state index contributed by atoms with van der Waals surface area (Å²) in [5.41, 5.74) is 1.43. The van der Waals surface area contributed by atoms with Crippen LogP contribution in [-0.2, 0) is 4.79 Å². The summed E-state index contributed by atoms with van der Waals surface area (Å²) in [6.07, 6.45) is 19.7. The number of aliphatic hydroxyl groups excluding tert-OH is 1. The Morgan fingerprint density at radius 2 is 1.50 bits per heavy atom. The van der Waals surface area contributed by atoms with Gasteiger partial charge < -0.3 is 9.84 Å². The SMILES string of the molecule is C=C(CO)C(=O)Oc1ccc(C2CCC(C3CCC(CCCCCCC)CC3)CC2)cc1. The Morgan fingerprint density at radius 1 is 0.906 bits per heavy atom. The van der Waals surface area contributed by atoms with E-state index in [1.54, 1.807) is 0 Å². The van der Waals surface area contributed by atoms with E-state index in [0.29, 0.717) is 11.7 Å². The third kappa shape index (κ3) is 7.47. The summed E-state index contributed by atoms with van der Waals surface area (Å²) in [6, 6.07) is 7.93. The van der Waals surface area contributed by atoms with Gasteiger partial charge in [-0.3, -0.25) is 0 Å². The van der Waals surface area contributed by atoms with Gasteiger partial charge in [0.2, 0.25) is 0 Å². The second kappa shape index (κ2) is 13.2. The molecular weight excluding hydrogens is 396 g/mol. The van der Waals surface area contributed by atoms with Gasteiger partial charge in [-0.05, 0) is 79.9 Å². The van der Waals surface area contributed by atoms with Gasteiger partial charge in [-0.25, -0.2) is 4.79 Å². The monoisotopic (exact) mass is 440 g/mol. The van der Waals surface area contributed by atoms with E-state index in [0.717, 1.165) is 17.8 Å². The zero-order valence-corrected chi connectivity index (χ0v) is 20.2. The van der Waals surface area contributed by atoms with Crippen molar-refractivity contribution in [2.75, 3.05) is 6.61 Å². The average molecular weight is 441 g/mol. The molecule has 32 heavy (non-hydrogen) atoms. The van der Waals surface area contributed by atoms with E-state index in [1.807, 2.05) is 12.1 Å². The fraction of sp³-hybridized carbons (Fsp3) is 0.690. The molecule has 1 N–H and O–H groups in total. The molecule has 1 aromatic rings. The lowest BCUT2D eigenvalue weighted by Crippen LogP contribution is -2.25. The first-order chi connectivity index (χ1) is 15.6. The van der Waals surface area contributed by atoms with Gasteiger partial charge in [-0.2, -0.15) is 0 Å². The first-order valence-corrected chi connectivity index (χ1v) is 13.2. The van der Waals surface area contributed by atoms with Crippen molar-refractivity contribution in [1.82, 2.24) is 0 Å². The molecule has 3 heteroatoms. The first-order valence-electron chi connectivity index (χ1n) is 13.2. The highest BCUT2D eigenvalue weighted by atomic mass is 16.5. The molecule has 0 heterocycles. The summed E-state index contributed by atoms with van der Waals surface area (Å²) in [6.45, 7) is 5.43. The Balaban J connectivity index is 1.36. The highest BCUT2D eigenvalue weighted by molar-refractivity contribution is 5.89. The molecule has 2 fully saturated rings. The molecule has 0 aliphatic heterocycles. The van der Waals surface area contributed by atoms with Crippen molar-refractivity contribution < 1.29 is 14.6 Å². The molecule has 1 aromatic carbocycles. The van der Waals surface area contributed by atoms with Crippen molar-refractivity contribution in [2.24, 2.45) is 17.8 Å². The van der Waals surface area contributed by atoms with Crippen LogP contribution in [0.5, 0.6) is 5.75 Å². The van der Waals surface area contributed by atoms with Crippen molar-refractivity contribution >= 4 is 5.97 Å². The number of carbonyl (C=O) groups excluding carboxylic acids is 1. The summed E-state index contributed by atoms with van der Waals surface area (Å²) >= 11 is 0. The van der Waals surface area contributed by atoms with Crippen LogP contribution in [0.25, 0.3) is 0 Å². The number of unbranched alkanes of at least 4 members (excludes halogenated alkanes) is 4. The number of benzene rings is 1.